The van der Waals surface area contributed by atoms with Crippen molar-refractivity contribution >= 4 is 11.7 Å². The number of amides is 1. The van der Waals surface area contributed by atoms with Crippen molar-refractivity contribution in [1.29, 1.82) is 0 Å². The van der Waals surface area contributed by atoms with Gasteiger partial charge in [-0.3, -0.25) is 4.79 Å². The number of Topliss-reactive ketones (excluding diaryl/α,β-unsaturated/α-hetero) is 1. The molecule has 4 nitrogen and oxygen atoms in total. The minimum atomic E-state index is 0.0703. The molecule has 16 heavy (non-hydrogen) atoms. The van der Waals surface area contributed by atoms with Crippen LogP contribution in [0.5, 0.6) is 0 Å². The van der Waals surface area contributed by atoms with Crippen molar-refractivity contribution in [2.45, 2.75) is 26.2 Å². The monoisotopic (exact) mass is 225 g/mol. The molecule has 0 spiro atoms. The predicted octanol–water partition coefficient (Wildman–Crippen LogP) is 1.16. The van der Waals surface area contributed by atoms with Crippen LogP contribution in [0.3, 0.4) is 0 Å². The molecule has 0 fully saturated rings. The zero-order valence-corrected chi connectivity index (χ0v) is 9.99. The molecule has 0 saturated carbocycles. The number of ether oxygens (including phenoxy) is 1. The van der Waals surface area contributed by atoms with E-state index < -0.39 is 0 Å². The van der Waals surface area contributed by atoms with Gasteiger partial charge in [0.05, 0.1) is 6.61 Å². The molecule has 1 aliphatic heterocycles. The maximum atomic E-state index is 11.7. The lowest BCUT2D eigenvalue weighted by molar-refractivity contribution is -0.132. The Morgan fingerprint density at radius 2 is 2.19 bits per heavy atom. The van der Waals surface area contributed by atoms with Gasteiger partial charge in [-0.25, -0.2) is 0 Å². The molecule has 0 N–H and O–H groups in total. The summed E-state index contributed by atoms with van der Waals surface area (Å²) in [6.45, 7) is 3.55. The molecule has 1 heterocycles. The summed E-state index contributed by atoms with van der Waals surface area (Å²) in [6.07, 6.45) is 3.60. The van der Waals surface area contributed by atoms with Gasteiger partial charge in [0.1, 0.15) is 5.78 Å². The van der Waals surface area contributed by atoms with Gasteiger partial charge in [-0.2, -0.15) is 0 Å². The van der Waals surface area contributed by atoms with Crippen LogP contribution in [0.4, 0.5) is 0 Å². The van der Waals surface area contributed by atoms with E-state index in [-0.39, 0.29) is 11.7 Å². The van der Waals surface area contributed by atoms with Gasteiger partial charge in [-0.15, -0.1) is 0 Å². The first-order valence-electron chi connectivity index (χ1n) is 5.57. The second-order valence-electron chi connectivity index (χ2n) is 4.09. The van der Waals surface area contributed by atoms with Gasteiger partial charge >= 0.3 is 0 Å². The molecule has 1 aliphatic rings. The summed E-state index contributed by atoms with van der Waals surface area (Å²) in [5.41, 5.74) is 1.25. The van der Waals surface area contributed by atoms with Crippen molar-refractivity contribution in [1.82, 2.24) is 4.90 Å². The Morgan fingerprint density at radius 1 is 1.44 bits per heavy atom. The minimum absolute atomic E-state index is 0.0703. The van der Waals surface area contributed by atoms with Crippen LogP contribution in [0.15, 0.2) is 11.6 Å². The van der Waals surface area contributed by atoms with Crippen LogP contribution in [0.25, 0.3) is 0 Å². The van der Waals surface area contributed by atoms with Gasteiger partial charge in [-0.05, 0) is 18.9 Å². The first-order valence-corrected chi connectivity index (χ1v) is 5.57. The number of hydrogen-bond donors (Lipinski definition) is 0. The quantitative estimate of drug-likeness (QED) is 0.660. The Kier molecular flexibility index (Phi) is 5.19. The molecule has 0 bridgehead atoms. The fourth-order valence-corrected chi connectivity index (χ4v) is 1.70. The van der Waals surface area contributed by atoms with E-state index in [1.54, 1.807) is 12.0 Å². The van der Waals surface area contributed by atoms with Crippen molar-refractivity contribution in [2.75, 3.05) is 26.8 Å². The van der Waals surface area contributed by atoms with Crippen LogP contribution < -0.4 is 0 Å². The fourth-order valence-electron chi connectivity index (χ4n) is 1.70. The maximum Gasteiger partial charge on any atom is 0.223 e. The van der Waals surface area contributed by atoms with E-state index in [0.29, 0.717) is 26.0 Å². The minimum Gasteiger partial charge on any atom is -0.380 e. The molecule has 0 saturated heterocycles. The molecule has 0 aromatic rings. The van der Waals surface area contributed by atoms with Gasteiger partial charge in [0.25, 0.3) is 0 Å². The van der Waals surface area contributed by atoms with E-state index in [4.69, 9.17) is 4.74 Å². The summed E-state index contributed by atoms with van der Waals surface area (Å²) in [7, 11) is 1.67. The predicted molar refractivity (Wildman–Crippen MR) is 61.1 cm³/mol. The first kappa shape index (κ1) is 12.9. The lowest BCUT2D eigenvalue weighted by Crippen LogP contribution is -2.35. The average Bonchev–Trinajstić information content (AvgIpc) is 2.27. The smallest absolute Gasteiger partial charge is 0.223 e. The van der Waals surface area contributed by atoms with Crippen molar-refractivity contribution in [3.05, 3.63) is 11.6 Å². The molecular weight excluding hydrogens is 206 g/mol. The fraction of sp³-hybridized carbons (Fsp3) is 0.667. The molecule has 1 amide bonds. The zero-order valence-electron chi connectivity index (χ0n) is 9.99. The topological polar surface area (TPSA) is 46.6 Å². The van der Waals surface area contributed by atoms with E-state index in [9.17, 15) is 9.59 Å². The number of methoxy groups -OCH3 is 1. The molecule has 90 valence electrons. The average molecular weight is 225 g/mol. The third kappa shape index (κ3) is 4.14. The van der Waals surface area contributed by atoms with E-state index in [2.05, 4.69) is 0 Å². The van der Waals surface area contributed by atoms with Crippen LogP contribution >= 0.6 is 0 Å². The number of hydrogen-bond acceptors (Lipinski definition) is 3. The number of carbonyl (C=O) groups is 2. The maximum absolute atomic E-state index is 11.7. The third-order valence-electron chi connectivity index (χ3n) is 2.68. The lowest BCUT2D eigenvalue weighted by Gasteiger charge is -2.26. The number of rotatable bonds is 5. The van der Waals surface area contributed by atoms with Crippen molar-refractivity contribution in [2.24, 2.45) is 0 Å². The summed E-state index contributed by atoms with van der Waals surface area (Å²) in [4.78, 5) is 24.2. The van der Waals surface area contributed by atoms with E-state index in [1.807, 2.05) is 6.08 Å². The van der Waals surface area contributed by atoms with Gasteiger partial charge in [0.15, 0.2) is 0 Å². The molecule has 0 aliphatic carbocycles. The molecule has 0 unspecified atom stereocenters. The molecule has 0 radical (unpaired) electrons. The molecule has 0 aromatic carbocycles. The highest BCUT2D eigenvalue weighted by molar-refractivity contribution is 5.83. The van der Waals surface area contributed by atoms with Crippen LogP contribution in [0, 0.1) is 0 Å². The molecule has 1 rings (SSSR count). The Hall–Kier alpha value is -1.16. The SMILES string of the molecule is COCC1=CCN(C(=O)CCC(C)=O)CC1. The second kappa shape index (κ2) is 6.43. The summed E-state index contributed by atoms with van der Waals surface area (Å²) in [5.74, 6) is 0.142. The standard InChI is InChI=1S/C12H19NO3/c1-10(14)3-4-12(15)13-7-5-11(6-8-13)9-16-2/h5H,3-4,6-9H2,1-2H3. The van der Waals surface area contributed by atoms with Gasteiger partial charge in [0, 0.05) is 33.0 Å². The zero-order chi connectivity index (χ0) is 12.0. The molecular formula is C12H19NO3. The highest BCUT2D eigenvalue weighted by Gasteiger charge is 2.16. The van der Waals surface area contributed by atoms with Crippen molar-refractivity contribution in [3.63, 3.8) is 0 Å². The highest BCUT2D eigenvalue weighted by atomic mass is 16.5. The van der Waals surface area contributed by atoms with E-state index in [0.717, 1.165) is 13.0 Å². The summed E-state index contributed by atoms with van der Waals surface area (Å²) < 4.78 is 5.04. The summed E-state index contributed by atoms with van der Waals surface area (Å²) >= 11 is 0. The molecule has 0 aromatic heterocycles. The summed E-state index contributed by atoms with van der Waals surface area (Å²) in [6, 6.07) is 0. The van der Waals surface area contributed by atoms with Crippen LogP contribution in [-0.2, 0) is 14.3 Å². The van der Waals surface area contributed by atoms with Gasteiger partial charge in [0.2, 0.25) is 5.91 Å². The molecule has 4 heteroatoms. The van der Waals surface area contributed by atoms with Gasteiger partial charge in [-0.1, -0.05) is 6.08 Å². The number of carbonyl (C=O) groups excluding carboxylic acids is 2. The Morgan fingerprint density at radius 3 is 2.69 bits per heavy atom. The van der Waals surface area contributed by atoms with Crippen LogP contribution in [0.1, 0.15) is 26.2 Å². The second-order valence-corrected chi connectivity index (χ2v) is 4.09. The van der Waals surface area contributed by atoms with E-state index in [1.165, 1.54) is 12.5 Å². The van der Waals surface area contributed by atoms with Crippen LogP contribution in [0.2, 0.25) is 0 Å². The number of nitrogens with zero attached hydrogens (tertiary/aromatic N) is 1. The van der Waals surface area contributed by atoms with E-state index >= 15 is 0 Å². The largest absolute Gasteiger partial charge is 0.380 e. The normalized spacial score (nSPS) is 15.9. The Balaban J connectivity index is 2.35. The van der Waals surface area contributed by atoms with Crippen LogP contribution in [-0.4, -0.2) is 43.4 Å². The number of ketones is 1. The van der Waals surface area contributed by atoms with Crippen molar-refractivity contribution < 1.29 is 14.3 Å². The van der Waals surface area contributed by atoms with Crippen molar-refractivity contribution in [3.8, 4) is 0 Å². The highest BCUT2D eigenvalue weighted by Crippen LogP contribution is 2.12. The Labute approximate surface area is 96.3 Å². The lowest BCUT2D eigenvalue weighted by atomic mass is 10.1. The van der Waals surface area contributed by atoms with Gasteiger partial charge < -0.3 is 14.4 Å². The Bertz CT molecular complexity index is 297. The molecule has 0 atom stereocenters. The third-order valence-corrected chi connectivity index (χ3v) is 2.68. The first-order chi connectivity index (χ1) is 7.63. The summed E-state index contributed by atoms with van der Waals surface area (Å²) in [5, 5.41) is 0.